The summed E-state index contributed by atoms with van der Waals surface area (Å²) in [6.45, 7) is -0.369. The highest BCUT2D eigenvalue weighted by molar-refractivity contribution is 6.21. The van der Waals surface area contributed by atoms with Crippen LogP contribution in [0.15, 0.2) is 66.7 Å². The van der Waals surface area contributed by atoms with Gasteiger partial charge in [0.25, 0.3) is 17.7 Å². The predicted molar refractivity (Wildman–Crippen MR) is 101 cm³/mol. The van der Waals surface area contributed by atoms with Crippen molar-refractivity contribution in [3.05, 3.63) is 101 Å². The average Bonchev–Trinajstić information content (AvgIpc) is 2.95. The molecule has 0 spiro atoms. The van der Waals surface area contributed by atoms with E-state index in [1.807, 2.05) is 0 Å². The molecule has 29 heavy (non-hydrogen) atoms. The number of halogens is 2. The SMILES string of the molecule is O=C(Nc1cccc(F)c1CN1C(=O)c2ccccc2C1=O)c1ccccc1F. The predicted octanol–water partition coefficient (Wildman–Crippen LogP) is 4.01. The van der Waals surface area contributed by atoms with Crippen molar-refractivity contribution in [2.45, 2.75) is 6.54 Å². The quantitative estimate of drug-likeness (QED) is 0.682. The highest BCUT2D eigenvalue weighted by Gasteiger charge is 2.36. The van der Waals surface area contributed by atoms with Crippen molar-refractivity contribution < 1.29 is 23.2 Å². The van der Waals surface area contributed by atoms with Crippen molar-refractivity contribution in [1.82, 2.24) is 4.90 Å². The van der Waals surface area contributed by atoms with Gasteiger partial charge in [0.15, 0.2) is 0 Å². The molecule has 0 saturated heterocycles. The van der Waals surface area contributed by atoms with Gasteiger partial charge in [-0.05, 0) is 36.4 Å². The third-order valence-corrected chi connectivity index (χ3v) is 4.68. The zero-order valence-corrected chi connectivity index (χ0v) is 15.0. The number of carbonyl (C=O) groups is 3. The summed E-state index contributed by atoms with van der Waals surface area (Å²) >= 11 is 0. The number of nitrogens with zero attached hydrogens (tertiary/aromatic N) is 1. The van der Waals surface area contributed by atoms with E-state index in [1.54, 1.807) is 12.1 Å². The fourth-order valence-electron chi connectivity index (χ4n) is 3.21. The molecule has 1 N–H and O–H groups in total. The van der Waals surface area contributed by atoms with E-state index in [4.69, 9.17) is 0 Å². The average molecular weight is 392 g/mol. The molecule has 1 aliphatic rings. The third-order valence-electron chi connectivity index (χ3n) is 4.68. The highest BCUT2D eigenvalue weighted by Crippen LogP contribution is 2.28. The van der Waals surface area contributed by atoms with E-state index in [1.165, 1.54) is 42.5 Å². The largest absolute Gasteiger partial charge is 0.321 e. The van der Waals surface area contributed by atoms with Crippen molar-refractivity contribution in [3.63, 3.8) is 0 Å². The Morgan fingerprint density at radius 2 is 1.38 bits per heavy atom. The van der Waals surface area contributed by atoms with Crippen LogP contribution < -0.4 is 5.32 Å². The first-order valence-electron chi connectivity index (χ1n) is 8.76. The number of fused-ring (bicyclic) bond motifs is 1. The van der Waals surface area contributed by atoms with Gasteiger partial charge < -0.3 is 5.32 Å². The summed E-state index contributed by atoms with van der Waals surface area (Å²) in [7, 11) is 0. The maximum Gasteiger partial charge on any atom is 0.261 e. The molecule has 1 heterocycles. The molecule has 4 rings (SSSR count). The smallest absolute Gasteiger partial charge is 0.261 e. The van der Waals surface area contributed by atoms with Crippen LogP contribution in [-0.4, -0.2) is 22.6 Å². The van der Waals surface area contributed by atoms with Gasteiger partial charge in [0.05, 0.1) is 23.2 Å². The van der Waals surface area contributed by atoms with E-state index in [2.05, 4.69) is 5.32 Å². The second kappa shape index (κ2) is 7.27. The van der Waals surface area contributed by atoms with Crippen molar-refractivity contribution in [3.8, 4) is 0 Å². The molecule has 0 bridgehead atoms. The van der Waals surface area contributed by atoms with Gasteiger partial charge in [0.2, 0.25) is 0 Å². The molecule has 144 valence electrons. The molecule has 0 aliphatic carbocycles. The van der Waals surface area contributed by atoms with Crippen LogP contribution in [0.2, 0.25) is 0 Å². The molecule has 0 atom stereocenters. The number of benzene rings is 3. The van der Waals surface area contributed by atoms with Crippen LogP contribution in [0, 0.1) is 11.6 Å². The maximum absolute atomic E-state index is 14.5. The van der Waals surface area contributed by atoms with E-state index in [9.17, 15) is 23.2 Å². The standard InChI is InChI=1S/C22H14F2N2O3/c23-17-9-4-3-8-15(17)20(27)25-19-11-5-10-18(24)16(19)12-26-21(28)13-6-1-2-7-14(13)22(26)29/h1-11H,12H2,(H,25,27). The van der Waals surface area contributed by atoms with Crippen LogP contribution in [-0.2, 0) is 6.54 Å². The number of hydrogen-bond donors (Lipinski definition) is 1. The summed E-state index contributed by atoms with van der Waals surface area (Å²) in [5.74, 6) is -3.27. The lowest BCUT2D eigenvalue weighted by molar-refractivity contribution is 0.0641. The van der Waals surface area contributed by atoms with Gasteiger partial charge in [0.1, 0.15) is 11.6 Å². The molecule has 1 aliphatic heterocycles. The van der Waals surface area contributed by atoms with E-state index in [-0.39, 0.29) is 34.5 Å². The molecule has 0 unspecified atom stereocenters. The lowest BCUT2D eigenvalue weighted by Crippen LogP contribution is -2.30. The number of amides is 3. The molecule has 7 heteroatoms. The molecular weight excluding hydrogens is 378 g/mol. The normalized spacial score (nSPS) is 12.8. The number of rotatable bonds is 4. The number of imide groups is 1. The Labute approximate surface area is 164 Å². The number of hydrogen-bond acceptors (Lipinski definition) is 3. The van der Waals surface area contributed by atoms with Gasteiger partial charge in [-0.25, -0.2) is 8.78 Å². The molecule has 3 aromatic carbocycles. The van der Waals surface area contributed by atoms with Gasteiger partial charge in [0, 0.05) is 11.3 Å². The fraction of sp³-hybridized carbons (Fsp3) is 0.0455. The zero-order chi connectivity index (χ0) is 20.5. The molecule has 0 fully saturated rings. The summed E-state index contributed by atoms with van der Waals surface area (Å²) in [6, 6.07) is 15.7. The Balaban J connectivity index is 1.64. The minimum Gasteiger partial charge on any atom is -0.321 e. The van der Waals surface area contributed by atoms with Gasteiger partial charge in [-0.3, -0.25) is 19.3 Å². The summed E-state index contributed by atoms with van der Waals surface area (Å²) in [5.41, 5.74) is 0.279. The van der Waals surface area contributed by atoms with E-state index in [0.717, 1.165) is 17.0 Å². The first-order chi connectivity index (χ1) is 14.0. The van der Waals surface area contributed by atoms with E-state index in [0.29, 0.717) is 0 Å². The summed E-state index contributed by atoms with van der Waals surface area (Å²) in [5, 5.41) is 2.47. The Morgan fingerprint density at radius 1 is 0.793 bits per heavy atom. The van der Waals surface area contributed by atoms with Gasteiger partial charge in [-0.15, -0.1) is 0 Å². The lowest BCUT2D eigenvalue weighted by atomic mass is 10.1. The monoisotopic (exact) mass is 392 g/mol. The van der Waals surface area contributed by atoms with Crippen LogP contribution in [0.1, 0.15) is 36.6 Å². The lowest BCUT2D eigenvalue weighted by Gasteiger charge is -2.18. The fourth-order valence-corrected chi connectivity index (χ4v) is 3.21. The Kier molecular flexibility index (Phi) is 4.64. The van der Waals surface area contributed by atoms with E-state index < -0.39 is 29.4 Å². The molecule has 0 radical (unpaired) electrons. The summed E-state index contributed by atoms with van der Waals surface area (Å²) < 4.78 is 28.4. The maximum atomic E-state index is 14.5. The van der Waals surface area contributed by atoms with Crippen molar-refractivity contribution >= 4 is 23.4 Å². The topological polar surface area (TPSA) is 66.5 Å². The number of anilines is 1. The molecular formula is C22H14F2N2O3. The molecule has 3 aromatic rings. The number of carbonyl (C=O) groups excluding carboxylic acids is 3. The Bertz CT molecular complexity index is 1130. The Hall–Kier alpha value is -3.87. The second-order valence-corrected chi connectivity index (χ2v) is 6.44. The minimum atomic E-state index is -0.766. The van der Waals surface area contributed by atoms with Gasteiger partial charge in [-0.2, -0.15) is 0 Å². The molecule has 0 aromatic heterocycles. The zero-order valence-electron chi connectivity index (χ0n) is 15.0. The van der Waals surface area contributed by atoms with Crippen LogP contribution >= 0.6 is 0 Å². The summed E-state index contributed by atoms with van der Waals surface area (Å²) in [6.07, 6.45) is 0. The highest BCUT2D eigenvalue weighted by atomic mass is 19.1. The van der Waals surface area contributed by atoms with Gasteiger partial charge >= 0.3 is 0 Å². The molecule has 5 nitrogen and oxygen atoms in total. The Morgan fingerprint density at radius 3 is 2.03 bits per heavy atom. The van der Waals surface area contributed by atoms with Crippen LogP contribution in [0.4, 0.5) is 14.5 Å². The van der Waals surface area contributed by atoms with Crippen molar-refractivity contribution in [2.75, 3.05) is 5.32 Å². The third kappa shape index (κ3) is 3.27. The van der Waals surface area contributed by atoms with Crippen molar-refractivity contribution in [1.29, 1.82) is 0 Å². The van der Waals surface area contributed by atoms with Crippen LogP contribution in [0.25, 0.3) is 0 Å². The van der Waals surface area contributed by atoms with Crippen LogP contribution in [0.3, 0.4) is 0 Å². The summed E-state index contributed by atoms with van der Waals surface area (Å²) in [4.78, 5) is 38.5. The van der Waals surface area contributed by atoms with Gasteiger partial charge in [-0.1, -0.05) is 30.3 Å². The number of nitrogens with one attached hydrogen (secondary N) is 1. The minimum absolute atomic E-state index is 0.0494. The van der Waals surface area contributed by atoms with Crippen LogP contribution in [0.5, 0.6) is 0 Å². The van der Waals surface area contributed by atoms with Crippen molar-refractivity contribution in [2.24, 2.45) is 0 Å². The first-order valence-corrected chi connectivity index (χ1v) is 8.76. The second-order valence-electron chi connectivity index (χ2n) is 6.44. The van der Waals surface area contributed by atoms with E-state index >= 15 is 0 Å². The molecule has 0 saturated carbocycles. The molecule has 3 amide bonds. The first kappa shape index (κ1) is 18.5.